The zero-order valence-electron chi connectivity index (χ0n) is 11.6. The molecule has 0 bridgehead atoms. The molecule has 1 aromatic heterocycles. The van der Waals surface area contributed by atoms with Gasteiger partial charge in [0.1, 0.15) is 18.8 Å². The number of halogens is 1. The van der Waals surface area contributed by atoms with Gasteiger partial charge in [-0.2, -0.15) is 4.98 Å². The Bertz CT molecular complexity index is 657. The quantitative estimate of drug-likeness (QED) is 0.578. The highest BCUT2D eigenvalue weighted by Crippen LogP contribution is 2.37. The van der Waals surface area contributed by atoms with E-state index in [1.807, 2.05) is 0 Å². The van der Waals surface area contributed by atoms with Gasteiger partial charge in [0.05, 0.1) is 0 Å². The van der Waals surface area contributed by atoms with Crippen LogP contribution in [-0.2, 0) is 4.74 Å². The highest BCUT2D eigenvalue weighted by Gasteiger charge is 2.56. The number of aliphatic hydroxyl groups is 3. The van der Waals surface area contributed by atoms with Crippen LogP contribution in [0.4, 0.5) is 4.39 Å². The first kappa shape index (κ1) is 16.4. The van der Waals surface area contributed by atoms with Gasteiger partial charge in [0, 0.05) is 11.8 Å². The smallest absolute Gasteiger partial charge is 0.353 e. The fourth-order valence-corrected chi connectivity index (χ4v) is 2.09. The Morgan fingerprint density at radius 1 is 1.64 bits per heavy atom. The first-order valence-electron chi connectivity index (χ1n) is 6.34. The van der Waals surface area contributed by atoms with E-state index in [0.29, 0.717) is 5.56 Å². The molecule has 1 aromatic rings. The van der Waals surface area contributed by atoms with Gasteiger partial charge in [-0.1, -0.05) is 5.92 Å². The highest BCUT2D eigenvalue weighted by atomic mass is 19.2. The maximum Gasteiger partial charge on any atom is 0.353 e. The average Bonchev–Trinajstić information content (AvgIpc) is 2.73. The topological polar surface area (TPSA) is 114 Å². The van der Waals surface area contributed by atoms with Crippen molar-refractivity contribution in [2.75, 3.05) is 13.2 Å². The molecule has 1 aliphatic rings. The average molecular weight is 314 g/mol. The SMILES string of the molecule is C#CCOc1nc(=O)n([C@@H]2O[C@](F)(CO)[C@@H](O)[C@H]2O)cc1C. The molecule has 9 heteroatoms. The van der Waals surface area contributed by atoms with Crippen LogP contribution in [-0.4, -0.2) is 56.1 Å². The number of terminal acetylenes is 1. The minimum absolute atomic E-state index is 0.000838. The van der Waals surface area contributed by atoms with Crippen molar-refractivity contribution >= 4 is 0 Å². The highest BCUT2D eigenvalue weighted by molar-refractivity contribution is 5.21. The van der Waals surface area contributed by atoms with Crippen molar-refractivity contribution < 1.29 is 29.2 Å². The van der Waals surface area contributed by atoms with E-state index in [-0.39, 0.29) is 12.5 Å². The zero-order valence-corrected chi connectivity index (χ0v) is 11.6. The van der Waals surface area contributed by atoms with E-state index in [4.69, 9.17) is 21.0 Å². The molecule has 1 aliphatic heterocycles. The molecular formula is C13H15FN2O6. The Morgan fingerprint density at radius 3 is 2.86 bits per heavy atom. The Balaban J connectivity index is 2.36. The molecule has 2 heterocycles. The van der Waals surface area contributed by atoms with Gasteiger partial charge >= 0.3 is 5.69 Å². The molecule has 0 aromatic carbocycles. The Morgan fingerprint density at radius 2 is 2.32 bits per heavy atom. The summed E-state index contributed by atoms with van der Waals surface area (Å²) in [4.78, 5) is 15.6. The van der Waals surface area contributed by atoms with E-state index in [9.17, 15) is 19.4 Å². The molecule has 0 amide bonds. The summed E-state index contributed by atoms with van der Waals surface area (Å²) in [7, 11) is 0. The molecule has 1 saturated heterocycles. The van der Waals surface area contributed by atoms with Gasteiger partial charge in [-0.3, -0.25) is 4.57 Å². The Kier molecular flexibility index (Phi) is 4.48. The second kappa shape index (κ2) is 6.02. The van der Waals surface area contributed by atoms with Crippen LogP contribution in [0.15, 0.2) is 11.0 Å². The molecule has 0 spiro atoms. The molecule has 0 saturated carbocycles. The molecule has 2 rings (SSSR count). The monoisotopic (exact) mass is 314 g/mol. The lowest BCUT2D eigenvalue weighted by molar-refractivity contribution is -0.207. The number of aromatic nitrogens is 2. The van der Waals surface area contributed by atoms with Gasteiger partial charge in [0.2, 0.25) is 5.88 Å². The predicted molar refractivity (Wildman–Crippen MR) is 70.6 cm³/mol. The van der Waals surface area contributed by atoms with Crippen molar-refractivity contribution in [1.82, 2.24) is 9.55 Å². The molecule has 0 unspecified atom stereocenters. The summed E-state index contributed by atoms with van der Waals surface area (Å²) in [5, 5.41) is 28.3. The molecule has 8 nitrogen and oxygen atoms in total. The van der Waals surface area contributed by atoms with Crippen LogP contribution in [0, 0.1) is 19.3 Å². The molecular weight excluding hydrogens is 299 g/mol. The van der Waals surface area contributed by atoms with Crippen LogP contribution in [0.2, 0.25) is 0 Å². The number of rotatable bonds is 4. The van der Waals surface area contributed by atoms with Crippen LogP contribution in [0.3, 0.4) is 0 Å². The largest absolute Gasteiger partial charge is 0.464 e. The van der Waals surface area contributed by atoms with Crippen LogP contribution >= 0.6 is 0 Å². The standard InChI is InChI=1S/C13H15FN2O6/c1-3-4-21-10-7(2)5-16(12(20)15-10)11-8(18)9(19)13(14,6-17)22-11/h1,5,8-9,11,17-19H,4,6H2,2H3/t8-,9+,11-,13-/m1/s1. The number of nitrogens with zero attached hydrogens (tertiary/aromatic N) is 2. The summed E-state index contributed by atoms with van der Waals surface area (Å²) >= 11 is 0. The van der Waals surface area contributed by atoms with E-state index >= 15 is 0 Å². The Hall–Kier alpha value is -1.99. The fourth-order valence-electron chi connectivity index (χ4n) is 2.09. The van der Waals surface area contributed by atoms with Gasteiger partial charge in [-0.05, 0) is 6.92 Å². The van der Waals surface area contributed by atoms with Crippen molar-refractivity contribution in [3.8, 4) is 18.2 Å². The first-order chi connectivity index (χ1) is 10.3. The number of ether oxygens (including phenoxy) is 2. The summed E-state index contributed by atoms with van der Waals surface area (Å²) in [6.07, 6.45) is 0.969. The van der Waals surface area contributed by atoms with Gasteiger partial charge in [-0.15, -0.1) is 6.42 Å². The van der Waals surface area contributed by atoms with Crippen LogP contribution < -0.4 is 10.4 Å². The lowest BCUT2D eigenvalue weighted by Crippen LogP contribution is -2.42. The number of hydrogen-bond acceptors (Lipinski definition) is 7. The molecule has 0 radical (unpaired) electrons. The molecule has 3 N–H and O–H groups in total. The van der Waals surface area contributed by atoms with E-state index < -0.39 is 36.6 Å². The maximum absolute atomic E-state index is 14.0. The summed E-state index contributed by atoms with van der Waals surface area (Å²) in [5.74, 6) is -0.647. The van der Waals surface area contributed by atoms with Crippen LogP contribution in [0.1, 0.15) is 11.8 Å². The third-order valence-corrected chi connectivity index (χ3v) is 3.24. The number of hydrogen-bond donors (Lipinski definition) is 3. The third kappa shape index (κ3) is 2.69. The molecule has 120 valence electrons. The normalized spacial score (nSPS) is 31.0. The summed E-state index contributed by atoms with van der Waals surface area (Å²) in [6.45, 7) is 0.296. The molecule has 1 fully saturated rings. The van der Waals surface area contributed by atoms with Crippen LogP contribution in [0.5, 0.6) is 5.88 Å². The molecule has 4 atom stereocenters. The summed E-state index contributed by atoms with van der Waals surface area (Å²) in [6, 6.07) is 0. The van der Waals surface area contributed by atoms with Crippen LogP contribution in [0.25, 0.3) is 0 Å². The lowest BCUT2D eigenvalue weighted by Gasteiger charge is -2.20. The lowest BCUT2D eigenvalue weighted by atomic mass is 10.1. The van der Waals surface area contributed by atoms with E-state index in [1.54, 1.807) is 6.92 Å². The van der Waals surface area contributed by atoms with E-state index in [1.165, 1.54) is 6.20 Å². The van der Waals surface area contributed by atoms with E-state index in [2.05, 4.69) is 10.9 Å². The summed E-state index contributed by atoms with van der Waals surface area (Å²) < 4.78 is 24.7. The fraction of sp³-hybridized carbons (Fsp3) is 0.538. The minimum atomic E-state index is -2.87. The Labute approximate surface area is 124 Å². The zero-order chi connectivity index (χ0) is 16.5. The van der Waals surface area contributed by atoms with Gasteiger partial charge in [0.25, 0.3) is 5.85 Å². The number of alkyl halides is 1. The second-order valence-electron chi connectivity index (χ2n) is 4.80. The number of aliphatic hydroxyl groups excluding tert-OH is 3. The molecule has 0 aliphatic carbocycles. The van der Waals surface area contributed by atoms with E-state index in [0.717, 1.165) is 4.57 Å². The molecule has 22 heavy (non-hydrogen) atoms. The van der Waals surface area contributed by atoms with Crippen molar-refractivity contribution in [3.05, 3.63) is 22.2 Å². The first-order valence-corrected chi connectivity index (χ1v) is 6.34. The second-order valence-corrected chi connectivity index (χ2v) is 4.80. The van der Waals surface area contributed by atoms with Gasteiger partial charge < -0.3 is 24.8 Å². The third-order valence-electron chi connectivity index (χ3n) is 3.24. The van der Waals surface area contributed by atoms with Crippen molar-refractivity contribution in [2.45, 2.75) is 31.2 Å². The van der Waals surface area contributed by atoms with Gasteiger partial charge in [-0.25, -0.2) is 9.18 Å². The van der Waals surface area contributed by atoms with Crippen molar-refractivity contribution in [1.29, 1.82) is 0 Å². The maximum atomic E-state index is 14.0. The van der Waals surface area contributed by atoms with Gasteiger partial charge in [0.15, 0.2) is 12.8 Å². The number of aryl methyl sites for hydroxylation is 1. The predicted octanol–water partition coefficient (Wildman–Crippen LogP) is -1.53. The van der Waals surface area contributed by atoms with Crippen molar-refractivity contribution in [2.24, 2.45) is 0 Å². The minimum Gasteiger partial charge on any atom is -0.464 e. The summed E-state index contributed by atoms with van der Waals surface area (Å²) in [5.41, 5.74) is -0.503. The van der Waals surface area contributed by atoms with Crippen molar-refractivity contribution in [3.63, 3.8) is 0 Å².